The number of thiazole rings is 1. The molecule has 0 unspecified atom stereocenters. The topological polar surface area (TPSA) is 77.7 Å². The number of carbonyl (C=O) groups excluding carboxylic acids is 1. The van der Waals surface area contributed by atoms with Crippen molar-refractivity contribution in [3.8, 4) is 0 Å². The Morgan fingerprint density at radius 1 is 1.22 bits per heavy atom. The number of aryl methyl sites for hydroxylation is 1. The summed E-state index contributed by atoms with van der Waals surface area (Å²) in [7, 11) is -3.93. The van der Waals surface area contributed by atoms with Crippen LogP contribution in [-0.4, -0.2) is 25.6 Å². The van der Waals surface area contributed by atoms with Crippen LogP contribution in [0.4, 0.5) is 0 Å². The molecular formula is C18H17ClN2O4S2. The van der Waals surface area contributed by atoms with Gasteiger partial charge in [-0.3, -0.25) is 4.79 Å². The second-order valence-electron chi connectivity index (χ2n) is 5.77. The lowest BCUT2D eigenvalue weighted by atomic mass is 10.2. The van der Waals surface area contributed by atoms with Gasteiger partial charge in [-0.05, 0) is 44.2 Å². The molecule has 0 bridgehead atoms. The summed E-state index contributed by atoms with van der Waals surface area (Å²) >= 11 is 7.18. The Labute approximate surface area is 165 Å². The molecule has 3 aromatic rings. The Bertz CT molecular complexity index is 1160. The van der Waals surface area contributed by atoms with E-state index in [1.807, 2.05) is 6.92 Å². The maximum absolute atomic E-state index is 12.7. The molecule has 142 valence electrons. The number of hydrogen-bond donors (Lipinski definition) is 0. The number of carbonyl (C=O) groups is 1. The van der Waals surface area contributed by atoms with E-state index in [1.165, 1.54) is 16.7 Å². The highest BCUT2D eigenvalue weighted by Gasteiger charge is 2.16. The first-order valence-corrected chi connectivity index (χ1v) is 10.8. The number of benzene rings is 2. The van der Waals surface area contributed by atoms with E-state index >= 15 is 0 Å². The summed E-state index contributed by atoms with van der Waals surface area (Å²) in [5, 5.41) is 0.514. The van der Waals surface area contributed by atoms with E-state index in [9.17, 15) is 13.2 Å². The second-order valence-corrected chi connectivity index (χ2v) is 8.82. The van der Waals surface area contributed by atoms with Gasteiger partial charge in [-0.25, -0.2) is 0 Å². The Hall–Kier alpha value is -2.16. The van der Waals surface area contributed by atoms with Crippen LogP contribution in [0.15, 0.2) is 51.8 Å². The van der Waals surface area contributed by atoms with Crippen molar-refractivity contribution in [2.24, 2.45) is 4.40 Å². The first kappa shape index (κ1) is 19.6. The van der Waals surface area contributed by atoms with E-state index < -0.39 is 16.0 Å². The predicted molar refractivity (Wildman–Crippen MR) is 105 cm³/mol. The molecular weight excluding hydrogens is 408 g/mol. The highest BCUT2D eigenvalue weighted by molar-refractivity contribution is 7.90. The molecule has 0 amide bonds. The lowest BCUT2D eigenvalue weighted by Crippen LogP contribution is -2.23. The van der Waals surface area contributed by atoms with Crippen LogP contribution in [0.25, 0.3) is 10.2 Å². The van der Waals surface area contributed by atoms with Crippen molar-refractivity contribution in [3.63, 3.8) is 0 Å². The van der Waals surface area contributed by atoms with E-state index in [1.54, 1.807) is 37.3 Å². The molecule has 6 nitrogen and oxygen atoms in total. The molecule has 0 fully saturated rings. The smallest absolute Gasteiger partial charge is 0.326 e. The Kier molecular flexibility index (Phi) is 5.69. The standard InChI is InChI=1S/C18H17ClN2O4S2/c1-3-25-17(22)11-21-15-9-6-13(19)10-16(15)26-18(21)20-27(23,24)14-7-4-12(2)5-8-14/h4-10H,3,11H2,1-2H3/b20-18-. The van der Waals surface area contributed by atoms with Crippen LogP contribution >= 0.6 is 22.9 Å². The van der Waals surface area contributed by atoms with Crippen LogP contribution in [-0.2, 0) is 26.1 Å². The molecule has 0 atom stereocenters. The normalized spacial score (nSPS) is 12.5. The van der Waals surface area contributed by atoms with E-state index in [4.69, 9.17) is 16.3 Å². The minimum atomic E-state index is -3.93. The summed E-state index contributed by atoms with van der Waals surface area (Å²) in [6.45, 7) is 3.68. The number of fused-ring (bicyclic) bond motifs is 1. The van der Waals surface area contributed by atoms with Crippen molar-refractivity contribution < 1.29 is 17.9 Å². The molecule has 9 heteroatoms. The molecule has 27 heavy (non-hydrogen) atoms. The number of hydrogen-bond acceptors (Lipinski definition) is 5. The minimum absolute atomic E-state index is 0.0891. The SMILES string of the molecule is CCOC(=O)Cn1/c(=N/S(=O)(=O)c2ccc(C)cc2)sc2cc(Cl)ccc21. The van der Waals surface area contributed by atoms with Crippen molar-refractivity contribution in [1.29, 1.82) is 0 Å². The highest BCUT2D eigenvalue weighted by atomic mass is 35.5. The third-order valence-electron chi connectivity index (χ3n) is 3.75. The van der Waals surface area contributed by atoms with E-state index in [2.05, 4.69) is 4.40 Å². The van der Waals surface area contributed by atoms with Gasteiger partial charge in [0.15, 0.2) is 0 Å². The van der Waals surface area contributed by atoms with Crippen LogP contribution in [0.3, 0.4) is 0 Å². The van der Waals surface area contributed by atoms with Gasteiger partial charge in [0.2, 0.25) is 4.80 Å². The number of sulfonamides is 1. The molecule has 1 aromatic heterocycles. The lowest BCUT2D eigenvalue weighted by molar-refractivity contribution is -0.143. The molecule has 0 radical (unpaired) electrons. The zero-order chi connectivity index (χ0) is 19.6. The maximum Gasteiger partial charge on any atom is 0.326 e. The quantitative estimate of drug-likeness (QED) is 0.587. The fourth-order valence-corrected chi connectivity index (χ4v) is 4.98. The maximum atomic E-state index is 12.7. The van der Waals surface area contributed by atoms with Crippen molar-refractivity contribution in [3.05, 3.63) is 57.9 Å². The van der Waals surface area contributed by atoms with Gasteiger partial charge in [0, 0.05) is 5.02 Å². The number of rotatable bonds is 5. The summed E-state index contributed by atoms with van der Waals surface area (Å²) in [6, 6.07) is 11.5. The van der Waals surface area contributed by atoms with Gasteiger partial charge in [0.1, 0.15) is 6.54 Å². The van der Waals surface area contributed by atoms with Gasteiger partial charge in [-0.15, -0.1) is 4.40 Å². The summed E-state index contributed by atoms with van der Waals surface area (Å²) in [5.41, 5.74) is 1.61. The second kappa shape index (κ2) is 7.84. The van der Waals surface area contributed by atoms with Gasteiger partial charge < -0.3 is 9.30 Å². The third-order valence-corrected chi connectivity index (χ3v) is 6.43. The number of aromatic nitrogens is 1. The molecule has 1 heterocycles. The fourth-order valence-electron chi connectivity index (χ4n) is 2.47. The van der Waals surface area contributed by atoms with E-state index in [0.29, 0.717) is 10.5 Å². The molecule has 0 aliphatic carbocycles. The summed E-state index contributed by atoms with van der Waals surface area (Å²) in [6.07, 6.45) is 0. The van der Waals surface area contributed by atoms with E-state index in [0.717, 1.165) is 21.6 Å². The molecule has 0 spiro atoms. The summed E-state index contributed by atoms with van der Waals surface area (Å²) in [4.78, 5) is 12.3. The minimum Gasteiger partial charge on any atom is -0.465 e. The van der Waals surface area contributed by atoms with Crippen molar-refractivity contribution >= 4 is 49.1 Å². The largest absolute Gasteiger partial charge is 0.465 e. The first-order chi connectivity index (χ1) is 12.8. The van der Waals surface area contributed by atoms with Gasteiger partial charge >= 0.3 is 5.97 Å². The van der Waals surface area contributed by atoms with Gasteiger partial charge in [-0.2, -0.15) is 8.42 Å². The van der Waals surface area contributed by atoms with Crippen molar-refractivity contribution in [2.45, 2.75) is 25.3 Å². The summed E-state index contributed by atoms with van der Waals surface area (Å²) in [5.74, 6) is -0.471. The van der Waals surface area contributed by atoms with Gasteiger partial charge in [0.25, 0.3) is 10.0 Å². The first-order valence-electron chi connectivity index (χ1n) is 8.12. The number of halogens is 1. The average molecular weight is 425 g/mol. The molecule has 2 aromatic carbocycles. The molecule has 0 saturated carbocycles. The van der Waals surface area contributed by atoms with Crippen LogP contribution in [0.2, 0.25) is 5.02 Å². The zero-order valence-electron chi connectivity index (χ0n) is 14.7. The molecule has 0 saturated heterocycles. The monoisotopic (exact) mass is 424 g/mol. The third kappa shape index (κ3) is 4.40. The number of esters is 1. The molecule has 3 rings (SSSR count). The van der Waals surface area contributed by atoms with Gasteiger partial charge in [-0.1, -0.05) is 40.6 Å². The van der Waals surface area contributed by atoms with Crippen LogP contribution in [0, 0.1) is 6.92 Å². The molecule has 0 N–H and O–H groups in total. The number of ether oxygens (including phenoxy) is 1. The van der Waals surface area contributed by atoms with Crippen LogP contribution in [0.5, 0.6) is 0 Å². The Morgan fingerprint density at radius 2 is 1.93 bits per heavy atom. The molecule has 0 aliphatic rings. The number of nitrogens with zero attached hydrogens (tertiary/aromatic N) is 2. The fraction of sp³-hybridized carbons (Fsp3) is 0.222. The van der Waals surface area contributed by atoms with Crippen molar-refractivity contribution in [1.82, 2.24) is 4.57 Å². The lowest BCUT2D eigenvalue weighted by Gasteiger charge is -2.05. The predicted octanol–water partition coefficient (Wildman–Crippen LogP) is 3.52. The van der Waals surface area contributed by atoms with E-state index in [-0.39, 0.29) is 22.8 Å². The summed E-state index contributed by atoms with van der Waals surface area (Å²) < 4.78 is 36.6. The van der Waals surface area contributed by atoms with Crippen LogP contribution < -0.4 is 4.80 Å². The van der Waals surface area contributed by atoms with Crippen molar-refractivity contribution in [2.75, 3.05) is 6.61 Å². The van der Waals surface area contributed by atoms with Gasteiger partial charge in [0.05, 0.1) is 21.7 Å². The zero-order valence-corrected chi connectivity index (χ0v) is 17.1. The average Bonchev–Trinajstić information content (AvgIpc) is 2.91. The van der Waals surface area contributed by atoms with Crippen LogP contribution in [0.1, 0.15) is 12.5 Å². The Morgan fingerprint density at radius 3 is 2.59 bits per heavy atom. The highest BCUT2D eigenvalue weighted by Crippen LogP contribution is 2.22. The Balaban J connectivity index is 2.18. The molecule has 0 aliphatic heterocycles.